The molecule has 0 radical (unpaired) electrons. The van der Waals surface area contributed by atoms with E-state index < -0.39 is 46.2 Å². The zero-order chi connectivity index (χ0) is 48.3. The van der Waals surface area contributed by atoms with Crippen molar-refractivity contribution in [1.29, 1.82) is 0 Å². The first kappa shape index (κ1) is 44.2. The number of carbonyl (C=O) groups is 4. The van der Waals surface area contributed by atoms with Crippen molar-refractivity contribution in [2.45, 2.75) is 143 Å². The molecule has 3 N–H and O–H groups in total. The Morgan fingerprint density at radius 3 is 1.85 bits per heavy atom. The predicted octanol–water partition coefficient (Wildman–Crippen LogP) is 5.71. The summed E-state index contributed by atoms with van der Waals surface area (Å²) in [6.45, 7) is 2.66. The Kier molecular flexibility index (Phi) is 9.64. The molecule has 71 heavy (non-hydrogen) atoms. The van der Waals surface area contributed by atoms with Crippen molar-refractivity contribution in [3.8, 4) is 34.5 Å². The number of nitrogens with one attached hydrogen (secondary N) is 1. The van der Waals surface area contributed by atoms with Crippen LogP contribution in [0.25, 0.3) is 10.8 Å². The second-order valence-electron chi connectivity index (χ2n) is 22.8. The van der Waals surface area contributed by atoms with Gasteiger partial charge in [0.2, 0.25) is 0 Å². The monoisotopic (exact) mass is 964 g/mol. The van der Waals surface area contributed by atoms with Crippen LogP contribution in [0.5, 0.6) is 34.5 Å². The first-order chi connectivity index (χ1) is 34.3. The molecule has 9 atom stereocenters. The van der Waals surface area contributed by atoms with Gasteiger partial charge >= 0.3 is 11.9 Å². The number of piperidine rings is 1. The number of methoxy groups -OCH3 is 2. The fourth-order valence-electron chi connectivity index (χ4n) is 15.7. The predicted molar refractivity (Wildman–Crippen MR) is 257 cm³/mol. The molecule has 0 aromatic heterocycles. The number of hydrogen-bond acceptors (Lipinski definition) is 14. The smallest absolute Gasteiger partial charge is 0.315 e. The molecule has 3 heterocycles. The summed E-state index contributed by atoms with van der Waals surface area (Å²) in [6.07, 6.45) is 7.20. The van der Waals surface area contributed by atoms with E-state index in [9.17, 15) is 29.4 Å². The molecule has 3 aliphatic heterocycles. The number of hydrogen-bond donors (Lipinski definition) is 3. The highest BCUT2D eigenvalue weighted by molar-refractivity contribution is 5.97. The van der Waals surface area contributed by atoms with Crippen LogP contribution in [-0.2, 0) is 55.7 Å². The Bertz CT molecular complexity index is 3010. The molecule has 6 fully saturated rings. The van der Waals surface area contributed by atoms with Crippen molar-refractivity contribution in [2.75, 3.05) is 33.9 Å². The van der Waals surface area contributed by atoms with E-state index in [0.29, 0.717) is 95.3 Å². The summed E-state index contributed by atoms with van der Waals surface area (Å²) in [7, 11) is 3.09. The SMILES string of the molecule is COc1cc(CC(=O)Oc2ccc3c4c2O[C@H]2C(=O)CC[C@@]5(O)[C@@H](C3)C(NCC3CC3)CC[C@]425)c2c(CC(=O)Oc3ccc4c5c3O[C@H]3C(=O)CC[C@@]6(O)[C@@H](C4)N(CC4CC4)CC[C@]536)cc(OC)cc2c1. The fraction of sp³-hybridized carbons (Fsp3) is 0.544. The molecule has 14 heteroatoms. The van der Waals surface area contributed by atoms with E-state index in [1.807, 2.05) is 24.3 Å². The lowest BCUT2D eigenvalue weighted by atomic mass is 9.44. The standard InChI is InChI=1S/C57H60N2O12/c1-66-36-19-33-20-37(67-2)22-35(26-46(63)69-43-10-8-32-24-44-57(65)16-13-41(61)53-55(57,49(32)51(43)71-53)17-18-59(44)28-30-5-6-30)47(33)34(21-36)25-45(62)68-42-9-7-31-23-38-39(58-27-29-3-4-29)11-14-54-48(31)50(42)70-52(54)40(60)12-15-56(38,54)64/h7-10,19-22,29-30,38-39,44,52-53,58,64-65H,3-6,11-18,23-28H2,1-2H3/t38-,39?,44+,52-,53-,54-,55-,56+,57+/m0/s1. The molecule has 5 saturated carbocycles. The molecular formula is C57H60N2O12. The van der Waals surface area contributed by atoms with Crippen LogP contribution in [0, 0.1) is 17.8 Å². The topological polar surface area (TPSA) is 179 Å². The van der Waals surface area contributed by atoms with Crippen molar-refractivity contribution >= 4 is 34.3 Å². The van der Waals surface area contributed by atoms with Gasteiger partial charge in [-0.2, -0.15) is 0 Å². The van der Waals surface area contributed by atoms with Crippen LogP contribution in [0.3, 0.4) is 0 Å². The number of carbonyl (C=O) groups excluding carboxylic acids is 4. The lowest BCUT2D eigenvalue weighted by Gasteiger charge is -2.62. The van der Waals surface area contributed by atoms with Crippen LogP contribution in [0.2, 0.25) is 0 Å². The van der Waals surface area contributed by atoms with Gasteiger partial charge in [-0.25, -0.2) is 0 Å². The summed E-state index contributed by atoms with van der Waals surface area (Å²) < 4.78 is 37.1. The van der Waals surface area contributed by atoms with Gasteiger partial charge in [-0.15, -0.1) is 0 Å². The summed E-state index contributed by atoms with van der Waals surface area (Å²) >= 11 is 0. The van der Waals surface area contributed by atoms with Crippen molar-refractivity contribution in [3.63, 3.8) is 0 Å². The number of esters is 2. The molecule has 7 aliphatic carbocycles. The maximum atomic E-state index is 14.4. The number of likely N-dealkylation sites (tertiary alicyclic amines) is 1. The summed E-state index contributed by atoms with van der Waals surface area (Å²) in [6, 6.07) is 14.6. The minimum absolute atomic E-state index is 0.0368. The van der Waals surface area contributed by atoms with Crippen LogP contribution < -0.4 is 33.7 Å². The Hall–Kier alpha value is -5.54. The highest BCUT2D eigenvalue weighted by Gasteiger charge is 2.75. The van der Waals surface area contributed by atoms with Crippen LogP contribution in [0.1, 0.15) is 104 Å². The Labute approximate surface area is 411 Å². The number of benzene rings is 4. The fourth-order valence-corrected chi connectivity index (χ4v) is 15.7. The highest BCUT2D eigenvalue weighted by Crippen LogP contribution is 2.68. The zero-order valence-corrected chi connectivity index (χ0v) is 40.3. The highest BCUT2D eigenvalue weighted by atomic mass is 16.6. The number of ketones is 2. The minimum Gasteiger partial charge on any atom is -0.497 e. The number of aliphatic hydroxyl groups is 2. The van der Waals surface area contributed by atoms with Crippen molar-refractivity contribution in [1.82, 2.24) is 10.2 Å². The molecule has 4 bridgehead atoms. The van der Waals surface area contributed by atoms with E-state index in [0.717, 1.165) is 48.3 Å². The van der Waals surface area contributed by atoms with Gasteiger partial charge in [0.1, 0.15) is 11.5 Å². The molecule has 4 aromatic rings. The third-order valence-electron chi connectivity index (χ3n) is 19.2. The molecule has 1 unspecified atom stereocenters. The molecule has 2 spiro atoms. The molecule has 1 saturated heterocycles. The second-order valence-corrected chi connectivity index (χ2v) is 22.8. The average molecular weight is 965 g/mol. The van der Waals surface area contributed by atoms with Crippen molar-refractivity contribution in [3.05, 3.63) is 81.9 Å². The number of rotatable bonds is 13. The maximum absolute atomic E-state index is 14.4. The van der Waals surface area contributed by atoms with Crippen LogP contribution in [0.4, 0.5) is 0 Å². The van der Waals surface area contributed by atoms with Gasteiger partial charge in [-0.3, -0.25) is 24.1 Å². The van der Waals surface area contributed by atoms with Crippen LogP contribution in [-0.4, -0.2) is 108 Å². The summed E-state index contributed by atoms with van der Waals surface area (Å²) in [4.78, 5) is 58.7. The van der Waals surface area contributed by atoms with Gasteiger partial charge in [-0.1, -0.05) is 12.1 Å². The third kappa shape index (κ3) is 6.20. The van der Waals surface area contributed by atoms with Crippen LogP contribution >= 0.6 is 0 Å². The molecule has 0 amide bonds. The molecule has 14 nitrogen and oxygen atoms in total. The average Bonchev–Trinajstić information content (AvgIpc) is 4.29. The normalized spacial score (nSPS) is 33.4. The molecule has 370 valence electrons. The number of Topliss-reactive ketones (excluding diaryl/α,β-unsaturated/α-hetero) is 2. The van der Waals surface area contributed by atoms with Crippen molar-refractivity contribution < 1.29 is 57.8 Å². The second kappa shape index (κ2) is 15.5. The van der Waals surface area contributed by atoms with E-state index in [-0.39, 0.29) is 66.8 Å². The summed E-state index contributed by atoms with van der Waals surface area (Å²) in [5.74, 6) is 2.13. The van der Waals surface area contributed by atoms with E-state index in [1.54, 1.807) is 38.5 Å². The molecule has 4 aromatic carbocycles. The van der Waals surface area contributed by atoms with Gasteiger partial charge in [-0.05, 0) is 165 Å². The van der Waals surface area contributed by atoms with Gasteiger partial charge in [0.25, 0.3) is 0 Å². The van der Waals surface area contributed by atoms with E-state index >= 15 is 0 Å². The molecule has 14 rings (SSSR count). The zero-order valence-electron chi connectivity index (χ0n) is 40.3. The Balaban J connectivity index is 0.763. The maximum Gasteiger partial charge on any atom is 0.315 e. The lowest BCUT2D eigenvalue weighted by molar-refractivity contribution is -0.188. The van der Waals surface area contributed by atoms with Gasteiger partial charge in [0.15, 0.2) is 46.8 Å². The minimum atomic E-state index is -1.15. The van der Waals surface area contributed by atoms with Gasteiger partial charge in [0, 0.05) is 48.5 Å². The van der Waals surface area contributed by atoms with Crippen molar-refractivity contribution in [2.24, 2.45) is 17.8 Å². The first-order valence-electron chi connectivity index (χ1n) is 26.1. The van der Waals surface area contributed by atoms with Gasteiger partial charge in [0.05, 0.1) is 49.1 Å². The molecular weight excluding hydrogens is 905 g/mol. The largest absolute Gasteiger partial charge is 0.497 e. The van der Waals surface area contributed by atoms with E-state index in [2.05, 4.69) is 10.2 Å². The molecule has 10 aliphatic rings. The lowest BCUT2D eigenvalue weighted by Crippen LogP contribution is -2.76. The third-order valence-corrected chi connectivity index (χ3v) is 19.2. The summed E-state index contributed by atoms with van der Waals surface area (Å²) in [5, 5.41) is 30.7. The Morgan fingerprint density at radius 1 is 0.704 bits per heavy atom. The van der Waals surface area contributed by atoms with Crippen LogP contribution in [0.15, 0.2) is 48.5 Å². The van der Waals surface area contributed by atoms with E-state index in [1.165, 1.54) is 25.7 Å². The summed E-state index contributed by atoms with van der Waals surface area (Å²) in [5.41, 5.74) is 0.616. The Morgan fingerprint density at radius 2 is 1.27 bits per heavy atom. The quantitative estimate of drug-likeness (QED) is 0.110. The number of ether oxygens (including phenoxy) is 6. The van der Waals surface area contributed by atoms with Gasteiger partial charge < -0.3 is 44.0 Å². The van der Waals surface area contributed by atoms with E-state index in [4.69, 9.17) is 28.4 Å². The number of fused-ring (bicyclic) bond motifs is 1. The first-order valence-corrected chi connectivity index (χ1v) is 26.1. The number of nitrogens with zero attached hydrogens (tertiary/aromatic N) is 1.